The SMILES string of the molecule is O=C(C1CNC1)N(c1ccc(Br)cc1)c1cccnn1. The molecule has 1 aliphatic rings. The van der Waals surface area contributed by atoms with Crippen molar-refractivity contribution in [1.29, 1.82) is 0 Å². The summed E-state index contributed by atoms with van der Waals surface area (Å²) in [6, 6.07) is 11.2. The number of nitrogens with zero attached hydrogens (tertiary/aromatic N) is 3. The Hall–Kier alpha value is -1.79. The number of nitrogens with one attached hydrogen (secondary N) is 1. The van der Waals surface area contributed by atoms with Crippen LogP contribution in [0.3, 0.4) is 0 Å². The molecule has 6 heteroatoms. The van der Waals surface area contributed by atoms with Gasteiger partial charge in [0.05, 0.1) is 11.6 Å². The Morgan fingerprint density at radius 1 is 1.25 bits per heavy atom. The van der Waals surface area contributed by atoms with E-state index in [4.69, 9.17) is 0 Å². The maximum Gasteiger partial charge on any atom is 0.238 e. The Balaban J connectivity index is 1.98. The van der Waals surface area contributed by atoms with Crippen molar-refractivity contribution in [2.75, 3.05) is 18.0 Å². The van der Waals surface area contributed by atoms with E-state index in [-0.39, 0.29) is 11.8 Å². The van der Waals surface area contributed by atoms with Crippen molar-refractivity contribution in [2.24, 2.45) is 5.92 Å². The highest BCUT2D eigenvalue weighted by Crippen LogP contribution is 2.27. The van der Waals surface area contributed by atoms with Gasteiger partial charge in [-0.25, -0.2) is 0 Å². The highest BCUT2D eigenvalue weighted by atomic mass is 79.9. The largest absolute Gasteiger partial charge is 0.315 e. The number of anilines is 2. The molecule has 1 fully saturated rings. The zero-order chi connectivity index (χ0) is 13.9. The number of benzene rings is 1. The van der Waals surface area contributed by atoms with E-state index in [1.54, 1.807) is 23.2 Å². The first-order valence-electron chi connectivity index (χ1n) is 6.33. The van der Waals surface area contributed by atoms with Crippen LogP contribution < -0.4 is 10.2 Å². The van der Waals surface area contributed by atoms with Gasteiger partial charge >= 0.3 is 0 Å². The van der Waals surface area contributed by atoms with Crippen LogP contribution in [0.4, 0.5) is 11.5 Å². The molecule has 102 valence electrons. The lowest BCUT2D eigenvalue weighted by molar-refractivity contribution is -0.123. The van der Waals surface area contributed by atoms with Crippen LogP contribution in [0.5, 0.6) is 0 Å². The van der Waals surface area contributed by atoms with Crippen LogP contribution in [0, 0.1) is 5.92 Å². The molecule has 5 nitrogen and oxygen atoms in total. The van der Waals surface area contributed by atoms with Gasteiger partial charge in [-0.3, -0.25) is 9.69 Å². The van der Waals surface area contributed by atoms with E-state index >= 15 is 0 Å². The molecule has 2 heterocycles. The lowest BCUT2D eigenvalue weighted by Gasteiger charge is -2.31. The second kappa shape index (κ2) is 5.68. The molecule has 0 saturated carbocycles. The molecule has 0 bridgehead atoms. The van der Waals surface area contributed by atoms with E-state index in [1.807, 2.05) is 24.3 Å². The van der Waals surface area contributed by atoms with Gasteiger partial charge in [-0.05, 0) is 36.4 Å². The van der Waals surface area contributed by atoms with Crippen molar-refractivity contribution in [3.63, 3.8) is 0 Å². The summed E-state index contributed by atoms with van der Waals surface area (Å²) < 4.78 is 0.970. The minimum atomic E-state index is 0.000605. The second-order valence-electron chi connectivity index (χ2n) is 4.59. The molecular formula is C14H13BrN4O. The van der Waals surface area contributed by atoms with Gasteiger partial charge in [-0.2, -0.15) is 5.10 Å². The topological polar surface area (TPSA) is 58.1 Å². The highest BCUT2D eigenvalue weighted by molar-refractivity contribution is 9.10. The number of aromatic nitrogens is 2. The summed E-state index contributed by atoms with van der Waals surface area (Å²) in [6.07, 6.45) is 1.60. The standard InChI is InChI=1S/C14H13BrN4O/c15-11-3-5-12(6-4-11)19(13-2-1-7-17-18-13)14(20)10-8-16-9-10/h1-7,10,16H,8-9H2. The van der Waals surface area contributed by atoms with Gasteiger partial charge in [0.2, 0.25) is 5.91 Å². The monoisotopic (exact) mass is 332 g/mol. The first-order valence-corrected chi connectivity index (χ1v) is 7.13. The van der Waals surface area contributed by atoms with Crippen LogP contribution in [0.2, 0.25) is 0 Å². The second-order valence-corrected chi connectivity index (χ2v) is 5.50. The molecule has 0 aliphatic carbocycles. The van der Waals surface area contributed by atoms with E-state index in [9.17, 15) is 4.79 Å². The molecule has 20 heavy (non-hydrogen) atoms. The number of amides is 1. The van der Waals surface area contributed by atoms with Crippen molar-refractivity contribution in [3.8, 4) is 0 Å². The molecule has 0 spiro atoms. The van der Waals surface area contributed by atoms with E-state index < -0.39 is 0 Å². The molecule has 1 amide bonds. The van der Waals surface area contributed by atoms with Gasteiger partial charge in [-0.1, -0.05) is 15.9 Å². The maximum absolute atomic E-state index is 12.6. The summed E-state index contributed by atoms with van der Waals surface area (Å²) in [5.74, 6) is 0.596. The average Bonchev–Trinajstić information content (AvgIpc) is 2.41. The lowest BCUT2D eigenvalue weighted by atomic mass is 10.0. The van der Waals surface area contributed by atoms with Crippen molar-refractivity contribution >= 4 is 33.3 Å². The number of hydrogen-bond acceptors (Lipinski definition) is 4. The van der Waals surface area contributed by atoms with E-state index in [0.29, 0.717) is 18.9 Å². The zero-order valence-corrected chi connectivity index (χ0v) is 12.2. The number of rotatable bonds is 3. The fourth-order valence-electron chi connectivity index (χ4n) is 2.02. The van der Waals surface area contributed by atoms with Crippen molar-refractivity contribution in [1.82, 2.24) is 15.5 Å². The highest BCUT2D eigenvalue weighted by Gasteiger charge is 2.31. The Morgan fingerprint density at radius 3 is 2.55 bits per heavy atom. The predicted octanol–water partition coefficient (Wildman–Crippen LogP) is 2.12. The van der Waals surface area contributed by atoms with Crippen LogP contribution in [0.1, 0.15) is 0 Å². The van der Waals surface area contributed by atoms with E-state index in [0.717, 1.165) is 10.2 Å². The van der Waals surface area contributed by atoms with Crippen molar-refractivity contribution < 1.29 is 4.79 Å². The molecule has 3 rings (SSSR count). The summed E-state index contributed by atoms with van der Waals surface area (Å²) >= 11 is 3.40. The van der Waals surface area contributed by atoms with Gasteiger partial charge in [0.25, 0.3) is 0 Å². The maximum atomic E-state index is 12.6. The van der Waals surface area contributed by atoms with Gasteiger partial charge in [0, 0.05) is 23.8 Å². The first kappa shape index (κ1) is 13.2. The summed E-state index contributed by atoms with van der Waals surface area (Å²) in [5.41, 5.74) is 0.797. The smallest absolute Gasteiger partial charge is 0.238 e. The Kier molecular flexibility index (Phi) is 3.75. The quantitative estimate of drug-likeness (QED) is 0.935. The molecule has 1 aromatic carbocycles. The van der Waals surface area contributed by atoms with E-state index in [2.05, 4.69) is 31.4 Å². The van der Waals surface area contributed by atoms with Gasteiger partial charge < -0.3 is 5.32 Å². The Labute approximate surface area is 125 Å². The molecule has 1 saturated heterocycles. The summed E-state index contributed by atoms with van der Waals surface area (Å²) in [4.78, 5) is 14.2. The third kappa shape index (κ3) is 2.57. The fourth-order valence-corrected chi connectivity index (χ4v) is 2.29. The summed E-state index contributed by atoms with van der Waals surface area (Å²) in [6.45, 7) is 1.43. The molecular weight excluding hydrogens is 320 g/mol. The molecule has 0 radical (unpaired) electrons. The van der Waals surface area contributed by atoms with Crippen LogP contribution in [0.15, 0.2) is 47.1 Å². The number of carbonyl (C=O) groups is 1. The zero-order valence-electron chi connectivity index (χ0n) is 10.7. The van der Waals surface area contributed by atoms with Crippen molar-refractivity contribution in [2.45, 2.75) is 0 Å². The van der Waals surface area contributed by atoms with Gasteiger partial charge in [0.1, 0.15) is 0 Å². The van der Waals surface area contributed by atoms with Crippen LogP contribution >= 0.6 is 15.9 Å². The fraction of sp³-hybridized carbons (Fsp3) is 0.214. The van der Waals surface area contributed by atoms with Crippen LogP contribution in [-0.4, -0.2) is 29.2 Å². The summed E-state index contributed by atoms with van der Waals surface area (Å²) in [5, 5.41) is 11.0. The van der Waals surface area contributed by atoms with Crippen LogP contribution in [-0.2, 0) is 4.79 Å². The normalized spacial score (nSPS) is 14.7. The third-order valence-corrected chi connectivity index (χ3v) is 3.75. The van der Waals surface area contributed by atoms with Gasteiger partial charge in [0.15, 0.2) is 5.82 Å². The lowest BCUT2D eigenvalue weighted by Crippen LogP contribution is -2.51. The van der Waals surface area contributed by atoms with E-state index in [1.165, 1.54) is 0 Å². The molecule has 0 unspecified atom stereocenters. The summed E-state index contributed by atoms with van der Waals surface area (Å²) in [7, 11) is 0. The molecule has 0 atom stereocenters. The average molecular weight is 333 g/mol. The molecule has 1 aromatic heterocycles. The molecule has 1 N–H and O–H groups in total. The number of carbonyl (C=O) groups excluding carboxylic acids is 1. The predicted molar refractivity (Wildman–Crippen MR) is 79.7 cm³/mol. The van der Waals surface area contributed by atoms with Crippen LogP contribution in [0.25, 0.3) is 0 Å². The van der Waals surface area contributed by atoms with Gasteiger partial charge in [-0.15, -0.1) is 5.10 Å². The minimum absolute atomic E-state index is 0.000605. The minimum Gasteiger partial charge on any atom is -0.315 e. The number of hydrogen-bond donors (Lipinski definition) is 1. The van der Waals surface area contributed by atoms with Crippen molar-refractivity contribution in [3.05, 3.63) is 47.1 Å². The first-order chi connectivity index (χ1) is 9.75. The number of halogens is 1. The Morgan fingerprint density at radius 2 is 2.00 bits per heavy atom. The third-order valence-electron chi connectivity index (χ3n) is 3.22. The molecule has 2 aromatic rings. The molecule has 1 aliphatic heterocycles. The Bertz CT molecular complexity index is 598.